The van der Waals surface area contributed by atoms with E-state index >= 15 is 0 Å². The molecule has 29 nitrogen and oxygen atoms in total. The molecule has 26 N–H and O–H groups in total. The second-order valence-electron chi connectivity index (χ2n) is 29.4. The SMILES string of the molecule is C=CCCCCCCCCCC/C=C/C(O)C(O)C(O)[C@@H]1O[C@@H](C(O)C(O)C(=C)CCC(O)[C@H]2O[C@@H](C(O)C(O)/C=C(\C)CC(O)C(O)C(O)CC(O)C(O)C(O)C(C)CC(O)C(O)CC(C)/C=C/CCC(O)CC(=O)CC(O)CCCCC(O)CCCC(O)CO)[C@H](O)[C@H](O)[C@@H]2O)C[C@@H](O)[C@H]1O. The normalized spacial score (nSPS) is 27.4. The number of Topliss-reactive ketones (excluding diaryl/α,β-unsaturated/α-hetero) is 1. The number of aliphatic hydroxyl groups excluding tert-OH is 26. The van der Waals surface area contributed by atoms with Gasteiger partial charge in [0.25, 0.3) is 0 Å². The molecule has 0 saturated carbocycles. The van der Waals surface area contributed by atoms with E-state index in [1.54, 1.807) is 25.2 Å². The Kier molecular flexibility index (Phi) is 48.3. The summed E-state index contributed by atoms with van der Waals surface area (Å²) in [5.41, 5.74) is -0.0860. The van der Waals surface area contributed by atoms with Gasteiger partial charge >= 0.3 is 0 Å². The molecule has 0 radical (unpaired) electrons. The van der Waals surface area contributed by atoms with Crippen molar-refractivity contribution in [1.82, 2.24) is 0 Å². The van der Waals surface area contributed by atoms with Gasteiger partial charge in [-0.05, 0) is 127 Å². The molecule has 2 aliphatic rings. The Morgan fingerprint density at radius 3 is 1.60 bits per heavy atom. The number of hydrogen-bond donors (Lipinski definition) is 26. The molecule has 103 heavy (non-hydrogen) atoms. The standard InChI is InChI=1S/C74H134O29/c1-6-7-8-9-10-11-12-13-14-15-16-17-29-50(81)63(93)69(99)73-66(96)58(89)39-59(102-73)67(97)60(90)43(4)30-31-51(82)72-70(100)68(98)71(101)74(103-72)65(95)55(86)34-42(3)33-54(85)62(92)56(87)38-57(88)64(94)61(91)44(5)35-53(84)52(83)32-41(2)23-18-19-25-46(77)36-49(80)37-47(78)26-21-20-24-45(76)27-22-28-48(79)40-75/h6,17-18,23,29,34,41,44-48,50-79,81-101H,1,4,7-16,19-22,24-28,30-33,35-40H2,2-3,5H3/b23-18+,29-17+,42-34+/t41?,44?,45?,46?,47?,48?,50?,51?,52?,53?,54?,55?,56?,57?,58-,59-,60?,61?,62?,63?,64?,65?,66-,67?,68-,69?,70+,71-,72-,73-,74+/m1/s1. The maximum absolute atomic E-state index is 12.5. The molecule has 0 aliphatic carbocycles. The van der Waals surface area contributed by atoms with Crippen molar-refractivity contribution in [3.63, 3.8) is 0 Å². The summed E-state index contributed by atoms with van der Waals surface area (Å²) in [4.78, 5) is 12.5. The molecule has 22 unspecified atom stereocenters. The van der Waals surface area contributed by atoms with E-state index < -0.39 is 209 Å². The highest BCUT2D eigenvalue weighted by Gasteiger charge is 2.51. The number of hydrogen-bond acceptors (Lipinski definition) is 29. The lowest BCUT2D eigenvalue weighted by atomic mass is 9.85. The van der Waals surface area contributed by atoms with Crippen molar-refractivity contribution >= 4 is 5.78 Å². The lowest BCUT2D eigenvalue weighted by molar-refractivity contribution is -0.267. The minimum absolute atomic E-state index is 0.0612. The third-order valence-corrected chi connectivity index (χ3v) is 20.0. The summed E-state index contributed by atoms with van der Waals surface area (Å²) in [5, 5.41) is 278. The molecule has 2 heterocycles. The van der Waals surface area contributed by atoms with Crippen LogP contribution >= 0.6 is 0 Å². The van der Waals surface area contributed by atoms with Crippen LogP contribution < -0.4 is 0 Å². The fourth-order valence-electron chi connectivity index (χ4n) is 13.2. The molecular formula is C74H134O29. The Hall–Kier alpha value is -2.75. The molecule has 0 aromatic carbocycles. The van der Waals surface area contributed by atoms with Crippen LogP contribution in [-0.2, 0) is 14.3 Å². The van der Waals surface area contributed by atoms with Crippen LogP contribution in [0.1, 0.15) is 201 Å². The van der Waals surface area contributed by atoms with E-state index in [9.17, 15) is 132 Å². The fraction of sp³-hybridized carbons (Fsp3) is 0.851. The minimum atomic E-state index is -2.11. The number of rotatable bonds is 57. The Morgan fingerprint density at radius 2 is 0.990 bits per heavy atom. The second-order valence-corrected chi connectivity index (χ2v) is 29.4. The van der Waals surface area contributed by atoms with Gasteiger partial charge in [-0.3, -0.25) is 4.79 Å². The number of unbranched alkanes of at least 4 members (excludes halogenated alkanes) is 10. The molecular weight excluding hydrogens is 1350 g/mol. The molecule has 2 fully saturated rings. The maximum atomic E-state index is 12.5. The predicted octanol–water partition coefficient (Wildman–Crippen LogP) is -1.90. The molecule has 0 spiro atoms. The van der Waals surface area contributed by atoms with E-state index in [4.69, 9.17) is 14.6 Å². The van der Waals surface area contributed by atoms with Gasteiger partial charge in [0.2, 0.25) is 0 Å². The Labute approximate surface area is 607 Å². The number of ketones is 1. The van der Waals surface area contributed by atoms with Crippen LogP contribution in [0.15, 0.2) is 60.8 Å². The van der Waals surface area contributed by atoms with E-state index in [1.165, 1.54) is 32.8 Å². The van der Waals surface area contributed by atoms with Crippen molar-refractivity contribution in [1.29, 1.82) is 0 Å². The average Bonchev–Trinajstić information content (AvgIpc) is 0.797. The molecule has 2 aliphatic heterocycles. The van der Waals surface area contributed by atoms with Gasteiger partial charge < -0.3 is 142 Å². The number of carbonyl (C=O) groups excluding carboxylic acids is 1. The molecule has 29 heteroatoms. The van der Waals surface area contributed by atoms with Gasteiger partial charge in [0.05, 0.1) is 86.0 Å². The van der Waals surface area contributed by atoms with Crippen molar-refractivity contribution in [3.05, 3.63) is 60.8 Å². The highest BCUT2D eigenvalue weighted by atomic mass is 16.6. The largest absolute Gasteiger partial charge is 0.394 e. The summed E-state index contributed by atoms with van der Waals surface area (Å²) in [6.07, 6.45) is -28.1. The molecule has 0 amide bonds. The second kappa shape index (κ2) is 51.6. The highest BCUT2D eigenvalue weighted by molar-refractivity contribution is 5.79. The first kappa shape index (κ1) is 96.3. The molecule has 0 bridgehead atoms. The van der Waals surface area contributed by atoms with Crippen molar-refractivity contribution in [2.24, 2.45) is 11.8 Å². The summed E-state index contributed by atoms with van der Waals surface area (Å²) >= 11 is 0. The van der Waals surface area contributed by atoms with Gasteiger partial charge in [0.15, 0.2) is 0 Å². The lowest BCUT2D eigenvalue weighted by Gasteiger charge is -2.44. The first-order valence-electron chi connectivity index (χ1n) is 37.2. The zero-order chi connectivity index (χ0) is 77.8. The molecule has 2 rings (SSSR count). The topological polar surface area (TPSA) is 562 Å². The maximum Gasteiger partial charge on any atom is 0.138 e. The quantitative estimate of drug-likeness (QED) is 0.0234. The Balaban J connectivity index is 1.85. The third kappa shape index (κ3) is 35.7. The highest BCUT2D eigenvalue weighted by Crippen LogP contribution is 2.33. The fourth-order valence-corrected chi connectivity index (χ4v) is 13.2. The van der Waals surface area contributed by atoms with Crippen molar-refractivity contribution in [2.75, 3.05) is 6.61 Å². The minimum Gasteiger partial charge on any atom is -0.394 e. The summed E-state index contributed by atoms with van der Waals surface area (Å²) < 4.78 is 11.4. The van der Waals surface area contributed by atoms with Crippen molar-refractivity contribution in [3.8, 4) is 0 Å². The van der Waals surface area contributed by atoms with Gasteiger partial charge in [-0.2, -0.15) is 0 Å². The van der Waals surface area contributed by atoms with Crippen LogP contribution in [0.25, 0.3) is 0 Å². The number of aliphatic hydroxyl groups is 26. The Morgan fingerprint density at radius 1 is 0.466 bits per heavy atom. The lowest BCUT2D eigenvalue weighted by Crippen LogP contribution is -2.64. The predicted molar refractivity (Wildman–Crippen MR) is 379 cm³/mol. The number of allylic oxidation sites excluding steroid dienone is 4. The molecule has 604 valence electrons. The molecule has 0 aromatic heterocycles. The number of carbonyl (C=O) groups is 1. The third-order valence-electron chi connectivity index (χ3n) is 20.0. The van der Waals surface area contributed by atoms with Gasteiger partial charge in [-0.15, -0.1) is 6.58 Å². The van der Waals surface area contributed by atoms with Crippen LogP contribution in [0, 0.1) is 11.8 Å². The summed E-state index contributed by atoms with van der Waals surface area (Å²) in [5.74, 6) is -1.52. The first-order chi connectivity index (χ1) is 48.5. The molecule has 0 aromatic rings. The zero-order valence-corrected chi connectivity index (χ0v) is 60.6. The van der Waals surface area contributed by atoms with Crippen LogP contribution in [0.4, 0.5) is 0 Å². The van der Waals surface area contributed by atoms with Crippen LogP contribution in [0.5, 0.6) is 0 Å². The van der Waals surface area contributed by atoms with Gasteiger partial charge in [0.1, 0.15) is 103 Å². The van der Waals surface area contributed by atoms with Gasteiger partial charge in [0, 0.05) is 25.7 Å². The van der Waals surface area contributed by atoms with Crippen LogP contribution in [-0.4, -0.2) is 322 Å². The zero-order valence-electron chi connectivity index (χ0n) is 60.6. The van der Waals surface area contributed by atoms with Crippen LogP contribution in [0.3, 0.4) is 0 Å². The average molecular weight is 1490 g/mol. The molecule has 31 atom stereocenters. The monoisotopic (exact) mass is 1490 g/mol. The van der Waals surface area contributed by atoms with Crippen LogP contribution in [0.2, 0.25) is 0 Å². The molecule has 2 saturated heterocycles. The van der Waals surface area contributed by atoms with Crippen molar-refractivity contribution in [2.45, 2.75) is 378 Å². The van der Waals surface area contributed by atoms with E-state index in [-0.39, 0.29) is 68.0 Å². The van der Waals surface area contributed by atoms with E-state index in [0.717, 1.165) is 51.0 Å². The summed E-state index contributed by atoms with van der Waals surface area (Å²) in [6, 6.07) is 0. The summed E-state index contributed by atoms with van der Waals surface area (Å²) in [6.45, 7) is 11.7. The van der Waals surface area contributed by atoms with Crippen molar-refractivity contribution < 1.29 is 147 Å². The van der Waals surface area contributed by atoms with Gasteiger partial charge in [-0.1, -0.05) is 114 Å². The van der Waals surface area contributed by atoms with E-state index in [0.29, 0.717) is 57.8 Å². The number of ether oxygens (including phenoxy) is 2. The smallest absolute Gasteiger partial charge is 0.138 e. The van der Waals surface area contributed by atoms with Gasteiger partial charge in [-0.25, -0.2) is 0 Å². The Bertz CT molecular complexity index is 2350. The van der Waals surface area contributed by atoms with E-state index in [1.807, 2.05) is 6.08 Å². The summed E-state index contributed by atoms with van der Waals surface area (Å²) in [7, 11) is 0. The first-order valence-corrected chi connectivity index (χ1v) is 37.2. The van der Waals surface area contributed by atoms with E-state index in [2.05, 4.69) is 13.2 Å².